The molecule has 0 amide bonds. The predicted molar refractivity (Wildman–Crippen MR) is 300 cm³/mol. The maximum absolute atomic E-state index is 6.76. The molecule has 8 aromatic carbocycles. The summed E-state index contributed by atoms with van der Waals surface area (Å²) < 4.78 is 11.4. The molecular formula is C66H58N5OPt-3. The maximum atomic E-state index is 6.76. The van der Waals surface area contributed by atoms with Crippen LogP contribution in [0.5, 0.6) is 11.5 Å². The normalized spacial score (nSPS) is 13.1. The van der Waals surface area contributed by atoms with E-state index >= 15 is 0 Å². The number of para-hydroxylation sites is 4. The van der Waals surface area contributed by atoms with Gasteiger partial charge in [-0.2, -0.15) is 12.1 Å². The zero-order valence-electron chi connectivity index (χ0n) is 42.9. The largest absolute Gasteiger partial charge is 0.509 e. The molecule has 12 rings (SSSR count). The average molecular weight is 1130 g/mol. The van der Waals surface area contributed by atoms with Crippen LogP contribution in [-0.4, -0.2) is 14.1 Å². The summed E-state index contributed by atoms with van der Waals surface area (Å²) in [6, 6.07) is 70.5. The summed E-state index contributed by atoms with van der Waals surface area (Å²) >= 11 is 0. The Hall–Kier alpha value is -7.40. The number of nitrogens with zero attached hydrogens (tertiary/aromatic N) is 5. The van der Waals surface area contributed by atoms with Gasteiger partial charge in [0, 0.05) is 77.8 Å². The van der Waals surface area contributed by atoms with Gasteiger partial charge in [-0.05, 0) is 116 Å². The van der Waals surface area contributed by atoms with Crippen LogP contribution in [0.1, 0.15) is 79.0 Å². The Bertz CT molecular complexity index is 3870. The molecule has 0 spiro atoms. The molecule has 73 heavy (non-hydrogen) atoms. The fourth-order valence-corrected chi connectivity index (χ4v) is 10.3. The first-order valence-corrected chi connectivity index (χ1v) is 25.0. The number of hydrogen-bond acceptors (Lipinski definition) is 4. The van der Waals surface area contributed by atoms with Gasteiger partial charge in [0.15, 0.2) is 0 Å². The van der Waals surface area contributed by atoms with Crippen molar-refractivity contribution in [3.63, 3.8) is 0 Å². The Kier molecular flexibility index (Phi) is 11.8. The second kappa shape index (κ2) is 18.0. The third-order valence-electron chi connectivity index (χ3n) is 14.3. The minimum atomic E-state index is -0.0700. The van der Waals surface area contributed by atoms with Crippen molar-refractivity contribution in [2.45, 2.75) is 78.6 Å². The van der Waals surface area contributed by atoms with E-state index in [1.165, 1.54) is 38.5 Å². The second-order valence-electron chi connectivity index (χ2n) is 22.3. The van der Waals surface area contributed by atoms with Crippen LogP contribution in [0.2, 0.25) is 0 Å². The van der Waals surface area contributed by atoms with Crippen molar-refractivity contribution in [2.24, 2.45) is 0 Å². The van der Waals surface area contributed by atoms with Gasteiger partial charge in [-0.15, -0.1) is 48.1 Å². The summed E-state index contributed by atoms with van der Waals surface area (Å²) in [4.78, 5) is 9.51. The first kappa shape index (κ1) is 47.9. The molecule has 0 saturated heterocycles. The minimum absolute atomic E-state index is 0. The maximum Gasteiger partial charge on any atom is 0.135 e. The number of ether oxygens (including phenoxy) is 1. The Labute approximate surface area is 443 Å². The Morgan fingerprint density at radius 3 is 1.79 bits per heavy atom. The zero-order chi connectivity index (χ0) is 49.7. The van der Waals surface area contributed by atoms with Crippen LogP contribution in [-0.2, 0) is 37.3 Å². The average Bonchev–Trinajstić information content (AvgIpc) is 4.03. The fourth-order valence-electron chi connectivity index (χ4n) is 10.3. The van der Waals surface area contributed by atoms with Crippen LogP contribution >= 0.6 is 0 Å². The van der Waals surface area contributed by atoms with Crippen LogP contribution in [0.3, 0.4) is 0 Å². The van der Waals surface area contributed by atoms with Crippen LogP contribution in [0.25, 0.3) is 66.2 Å². The Morgan fingerprint density at radius 2 is 1.05 bits per heavy atom. The van der Waals surface area contributed by atoms with Crippen LogP contribution < -0.4 is 14.5 Å². The molecule has 0 saturated carbocycles. The second-order valence-corrected chi connectivity index (χ2v) is 22.3. The van der Waals surface area contributed by atoms with E-state index in [-0.39, 0.29) is 37.3 Å². The molecule has 0 fully saturated rings. The van der Waals surface area contributed by atoms with E-state index in [1.807, 2.05) is 24.4 Å². The molecule has 0 atom stereocenters. The van der Waals surface area contributed by atoms with E-state index in [1.54, 1.807) is 0 Å². The summed E-state index contributed by atoms with van der Waals surface area (Å²) in [5.74, 6) is 2.02. The summed E-state index contributed by atoms with van der Waals surface area (Å²) in [6.45, 7) is 22.6. The zero-order valence-corrected chi connectivity index (χ0v) is 45.1. The van der Waals surface area contributed by atoms with E-state index in [9.17, 15) is 0 Å². The quantitative estimate of drug-likeness (QED) is 0.149. The van der Waals surface area contributed by atoms with Gasteiger partial charge < -0.3 is 23.7 Å². The van der Waals surface area contributed by atoms with Gasteiger partial charge in [0.2, 0.25) is 0 Å². The van der Waals surface area contributed by atoms with Crippen molar-refractivity contribution < 1.29 is 25.8 Å². The molecule has 1 aliphatic rings. The molecule has 0 unspecified atom stereocenters. The van der Waals surface area contributed by atoms with Gasteiger partial charge in [-0.1, -0.05) is 147 Å². The topological polar surface area (TPSA) is 38.5 Å². The van der Waals surface area contributed by atoms with Crippen molar-refractivity contribution in [1.29, 1.82) is 0 Å². The predicted octanol–water partition coefficient (Wildman–Crippen LogP) is 17.6. The first-order chi connectivity index (χ1) is 34.6. The first-order valence-electron chi connectivity index (χ1n) is 25.0. The fraction of sp³-hybridized carbons (Fsp3) is 0.182. The summed E-state index contributed by atoms with van der Waals surface area (Å²) in [5.41, 5.74) is 15.6. The van der Waals surface area contributed by atoms with Crippen LogP contribution in [0.4, 0.5) is 22.7 Å². The van der Waals surface area contributed by atoms with Crippen LogP contribution in [0, 0.1) is 18.8 Å². The monoisotopic (exact) mass is 1130 g/mol. The molecule has 0 aliphatic carbocycles. The SMILES string of the molecule is CC(C)(C)c1cc(N2[CH-]N(c3[c-]c(Oc4[c-]c5c(cc4)c4cc(-c6ccc7c8ccccc8n(-c8ccccc8)c7c6)ccc4n5-c4cc(C(C)(C)C)ccn4)ccc3)c3ccccc32)cc(C(C)(C)C)c1.[Pt]. The van der Waals surface area contributed by atoms with Gasteiger partial charge in [-0.3, -0.25) is 0 Å². The van der Waals surface area contributed by atoms with Crippen molar-refractivity contribution >= 4 is 66.4 Å². The molecule has 6 nitrogen and oxygen atoms in total. The van der Waals surface area contributed by atoms with E-state index in [4.69, 9.17) is 9.72 Å². The van der Waals surface area contributed by atoms with Crippen LogP contribution in [0.15, 0.2) is 182 Å². The molecule has 366 valence electrons. The molecule has 3 aromatic heterocycles. The van der Waals surface area contributed by atoms with E-state index < -0.39 is 0 Å². The van der Waals surface area contributed by atoms with Crippen molar-refractivity contribution in [3.8, 4) is 34.1 Å². The van der Waals surface area contributed by atoms with E-state index in [2.05, 4.69) is 258 Å². The number of hydrogen-bond donors (Lipinski definition) is 0. The summed E-state index contributed by atoms with van der Waals surface area (Å²) in [5, 5.41) is 4.64. The summed E-state index contributed by atoms with van der Waals surface area (Å²) in [6.07, 6.45) is 1.92. The van der Waals surface area contributed by atoms with E-state index in [0.717, 1.165) is 67.2 Å². The molecular weight excluding hydrogens is 1070 g/mol. The molecule has 7 heteroatoms. The van der Waals surface area contributed by atoms with Gasteiger partial charge >= 0.3 is 0 Å². The molecule has 0 bridgehead atoms. The smallest absolute Gasteiger partial charge is 0.135 e. The Morgan fingerprint density at radius 1 is 0.438 bits per heavy atom. The minimum Gasteiger partial charge on any atom is -0.509 e. The molecule has 1 aliphatic heterocycles. The number of anilines is 4. The number of fused-ring (bicyclic) bond motifs is 7. The standard InChI is InChI=1S/C66H58N5O.Pt/c1-64(2,3)45-32-33-67-63(39-45)71-58-31-27-43(44-26-29-54-53-22-13-14-23-57(53)70(61(54)35-44)48-18-11-10-12-19-48)34-56(58)55-30-28-52(41-62(55)71)72-51-21-17-20-49(40-51)68-42-69(60-25-16-15-24-59(60)68)50-37-46(65(4,5)6)36-47(38-50)66(7,8)9;/h10-39,42H,1-9H3;/q-3;. The number of aromatic nitrogens is 3. The third-order valence-corrected chi connectivity index (χ3v) is 14.3. The Balaban J connectivity index is 0.00000574. The molecule has 0 N–H and O–H groups in total. The van der Waals surface area contributed by atoms with Gasteiger partial charge in [0.05, 0.1) is 11.0 Å². The molecule has 11 aromatic rings. The van der Waals surface area contributed by atoms with Gasteiger partial charge in [0.1, 0.15) is 5.82 Å². The number of benzene rings is 8. The van der Waals surface area contributed by atoms with Crippen molar-refractivity contribution in [3.05, 3.63) is 218 Å². The number of pyridine rings is 1. The third kappa shape index (κ3) is 8.60. The van der Waals surface area contributed by atoms with Gasteiger partial charge in [0.25, 0.3) is 0 Å². The molecule has 0 radical (unpaired) electrons. The van der Waals surface area contributed by atoms with E-state index in [0.29, 0.717) is 11.5 Å². The van der Waals surface area contributed by atoms with Gasteiger partial charge in [-0.25, -0.2) is 4.98 Å². The number of rotatable bonds is 7. The molecule has 4 heterocycles. The van der Waals surface area contributed by atoms with Crippen molar-refractivity contribution in [2.75, 3.05) is 9.80 Å². The van der Waals surface area contributed by atoms with Crippen molar-refractivity contribution in [1.82, 2.24) is 14.1 Å². The summed E-state index contributed by atoms with van der Waals surface area (Å²) in [7, 11) is 0.